The van der Waals surface area contributed by atoms with Crippen LogP contribution in [0.3, 0.4) is 0 Å². The second-order valence-electron chi connectivity index (χ2n) is 8.38. The summed E-state index contributed by atoms with van der Waals surface area (Å²) in [5.74, 6) is 1.08. The number of likely N-dealkylation sites (tertiary alicyclic amines) is 1. The number of nitrogens with zero attached hydrogens (tertiary/aromatic N) is 3. The third-order valence-electron chi connectivity index (χ3n) is 6.07. The average Bonchev–Trinajstić information content (AvgIpc) is 2.73. The van der Waals surface area contributed by atoms with Gasteiger partial charge in [-0.1, -0.05) is 12.1 Å². The maximum atomic E-state index is 13.1. The lowest BCUT2D eigenvalue weighted by atomic mass is 9.98. The zero-order valence-electron chi connectivity index (χ0n) is 18.4. The highest BCUT2D eigenvalue weighted by molar-refractivity contribution is 14.0. The van der Waals surface area contributed by atoms with Crippen molar-refractivity contribution in [1.82, 2.24) is 19.8 Å². The van der Waals surface area contributed by atoms with Crippen LogP contribution in [-0.2, 0) is 16.6 Å². The van der Waals surface area contributed by atoms with Gasteiger partial charge >= 0.3 is 0 Å². The maximum absolute atomic E-state index is 13.1. The summed E-state index contributed by atoms with van der Waals surface area (Å²) in [4.78, 5) is 6.75. The van der Waals surface area contributed by atoms with Crippen LogP contribution in [0.5, 0.6) is 0 Å². The van der Waals surface area contributed by atoms with Gasteiger partial charge < -0.3 is 10.6 Å². The Kier molecular flexibility index (Phi) is 10.4. The Morgan fingerprint density at radius 1 is 1.10 bits per heavy atom. The lowest BCUT2D eigenvalue weighted by Gasteiger charge is -2.34. The molecule has 0 aliphatic carbocycles. The van der Waals surface area contributed by atoms with Crippen LogP contribution >= 0.6 is 24.0 Å². The van der Waals surface area contributed by atoms with Gasteiger partial charge in [0.05, 0.1) is 6.26 Å². The van der Waals surface area contributed by atoms with E-state index in [0.29, 0.717) is 25.0 Å². The molecule has 7 nitrogen and oxygen atoms in total. The van der Waals surface area contributed by atoms with Crippen molar-refractivity contribution in [2.75, 3.05) is 46.0 Å². The zero-order valence-corrected chi connectivity index (χ0v) is 21.5. The molecule has 176 valence electrons. The van der Waals surface area contributed by atoms with Gasteiger partial charge in [0.25, 0.3) is 0 Å². The number of hydrogen-bond acceptors (Lipinski definition) is 4. The fourth-order valence-electron chi connectivity index (χ4n) is 4.16. The van der Waals surface area contributed by atoms with E-state index in [9.17, 15) is 12.8 Å². The maximum Gasteiger partial charge on any atom is 0.211 e. The monoisotopic (exact) mass is 567 g/mol. The molecule has 2 saturated heterocycles. The van der Waals surface area contributed by atoms with E-state index >= 15 is 0 Å². The molecule has 0 unspecified atom stereocenters. The first-order valence-corrected chi connectivity index (χ1v) is 12.6. The Balaban J connectivity index is 0.00000341. The normalized spacial score (nSPS) is 20.3. The molecule has 3 rings (SSSR count). The number of halogens is 2. The quantitative estimate of drug-likeness (QED) is 0.314. The lowest BCUT2D eigenvalue weighted by molar-refractivity contribution is 0.198. The van der Waals surface area contributed by atoms with Gasteiger partial charge in [0.2, 0.25) is 10.0 Å². The molecular formula is C21H35FIN5O2S. The minimum atomic E-state index is -3.07. The van der Waals surface area contributed by atoms with Crippen LogP contribution in [0.25, 0.3) is 0 Å². The van der Waals surface area contributed by atoms with Crippen molar-refractivity contribution in [3.63, 3.8) is 0 Å². The van der Waals surface area contributed by atoms with Crippen molar-refractivity contribution >= 4 is 40.0 Å². The molecule has 1 aromatic carbocycles. The Labute approximate surface area is 202 Å². The van der Waals surface area contributed by atoms with E-state index in [1.54, 1.807) is 11.4 Å². The van der Waals surface area contributed by atoms with E-state index < -0.39 is 10.0 Å². The zero-order chi connectivity index (χ0) is 21.6. The standard InChI is InChI=1S/C21H34FN5O2S.HI/c1-23-21(24-15-17-7-13-27(14-8-17)30(2,28)29)25-20-9-11-26(12-10-20)16-18-3-5-19(22)6-4-18;/h3-6,17,20H,7-16H2,1-2H3,(H2,23,24,25);1H. The van der Waals surface area contributed by atoms with Crippen LogP contribution in [0.15, 0.2) is 29.3 Å². The van der Waals surface area contributed by atoms with Crippen LogP contribution in [-0.4, -0.2) is 75.7 Å². The SMILES string of the molecule is CN=C(NCC1CCN(S(C)(=O)=O)CC1)NC1CCN(Cc2ccc(F)cc2)CC1.I. The molecule has 0 amide bonds. The van der Waals surface area contributed by atoms with Gasteiger partial charge in [-0.05, 0) is 49.3 Å². The molecule has 0 radical (unpaired) electrons. The highest BCUT2D eigenvalue weighted by atomic mass is 127. The van der Waals surface area contributed by atoms with Crippen LogP contribution in [0, 0.1) is 11.7 Å². The number of guanidine groups is 1. The first kappa shape index (κ1) is 26.3. The summed E-state index contributed by atoms with van der Waals surface area (Å²) >= 11 is 0. The summed E-state index contributed by atoms with van der Waals surface area (Å²) < 4.78 is 37.9. The molecule has 2 aliphatic rings. The molecule has 2 aliphatic heterocycles. The topological polar surface area (TPSA) is 77.0 Å². The van der Waals surface area contributed by atoms with E-state index in [2.05, 4.69) is 20.5 Å². The molecule has 0 atom stereocenters. The number of sulfonamides is 1. The minimum absolute atomic E-state index is 0. The minimum Gasteiger partial charge on any atom is -0.356 e. The molecule has 2 heterocycles. The van der Waals surface area contributed by atoms with E-state index in [1.807, 2.05) is 12.1 Å². The number of aliphatic imine (C=N–C) groups is 1. The summed E-state index contributed by atoms with van der Waals surface area (Å²) in [5.41, 5.74) is 1.14. The van der Waals surface area contributed by atoms with Gasteiger partial charge in [0.15, 0.2) is 5.96 Å². The summed E-state index contributed by atoms with van der Waals surface area (Å²) in [5, 5.41) is 6.94. The first-order valence-electron chi connectivity index (χ1n) is 10.7. The fourth-order valence-corrected chi connectivity index (χ4v) is 5.03. The van der Waals surface area contributed by atoms with Gasteiger partial charge in [0, 0.05) is 52.4 Å². The van der Waals surface area contributed by atoms with Gasteiger partial charge in [0.1, 0.15) is 5.82 Å². The molecule has 31 heavy (non-hydrogen) atoms. The Hall–Kier alpha value is -0.980. The van der Waals surface area contributed by atoms with Crippen LogP contribution < -0.4 is 10.6 Å². The Morgan fingerprint density at radius 3 is 2.26 bits per heavy atom. The lowest BCUT2D eigenvalue weighted by Crippen LogP contribution is -2.50. The predicted octanol–water partition coefficient (Wildman–Crippen LogP) is 2.24. The van der Waals surface area contributed by atoms with E-state index in [-0.39, 0.29) is 29.8 Å². The van der Waals surface area contributed by atoms with Crippen molar-refractivity contribution in [3.05, 3.63) is 35.6 Å². The van der Waals surface area contributed by atoms with Crippen LogP contribution in [0.1, 0.15) is 31.2 Å². The highest BCUT2D eigenvalue weighted by Gasteiger charge is 2.25. The molecule has 2 fully saturated rings. The number of rotatable bonds is 6. The predicted molar refractivity (Wildman–Crippen MR) is 134 cm³/mol. The third kappa shape index (κ3) is 8.47. The summed E-state index contributed by atoms with van der Waals surface area (Å²) in [6.45, 7) is 4.85. The summed E-state index contributed by atoms with van der Waals surface area (Å²) in [6.07, 6.45) is 5.10. The van der Waals surface area contributed by atoms with Crippen LogP contribution in [0.4, 0.5) is 4.39 Å². The van der Waals surface area contributed by atoms with E-state index in [1.165, 1.54) is 18.4 Å². The number of nitrogens with one attached hydrogen (secondary N) is 2. The van der Waals surface area contributed by atoms with Gasteiger partial charge in [-0.3, -0.25) is 9.89 Å². The molecule has 0 saturated carbocycles. The van der Waals surface area contributed by atoms with Gasteiger partial charge in [-0.15, -0.1) is 24.0 Å². The van der Waals surface area contributed by atoms with E-state index in [0.717, 1.165) is 63.4 Å². The second-order valence-corrected chi connectivity index (χ2v) is 10.4. The molecular weight excluding hydrogens is 532 g/mol. The van der Waals surface area contributed by atoms with Crippen molar-refractivity contribution < 1.29 is 12.8 Å². The molecule has 0 aromatic heterocycles. The van der Waals surface area contributed by atoms with Gasteiger partial charge in [-0.25, -0.2) is 17.1 Å². The van der Waals surface area contributed by atoms with Crippen molar-refractivity contribution in [2.24, 2.45) is 10.9 Å². The second kappa shape index (κ2) is 12.3. The molecule has 10 heteroatoms. The fraction of sp³-hybridized carbons (Fsp3) is 0.667. The van der Waals surface area contributed by atoms with Crippen molar-refractivity contribution in [1.29, 1.82) is 0 Å². The largest absolute Gasteiger partial charge is 0.356 e. The number of hydrogen-bond donors (Lipinski definition) is 2. The van der Waals surface area contributed by atoms with Crippen molar-refractivity contribution in [3.8, 4) is 0 Å². The highest BCUT2D eigenvalue weighted by Crippen LogP contribution is 2.18. The van der Waals surface area contributed by atoms with Crippen molar-refractivity contribution in [2.45, 2.75) is 38.3 Å². The Morgan fingerprint density at radius 2 is 1.71 bits per heavy atom. The molecule has 0 bridgehead atoms. The number of piperidine rings is 2. The van der Waals surface area contributed by atoms with Crippen LogP contribution in [0.2, 0.25) is 0 Å². The average molecular weight is 568 g/mol. The summed E-state index contributed by atoms with van der Waals surface area (Å²) in [6, 6.07) is 7.12. The third-order valence-corrected chi connectivity index (χ3v) is 7.38. The molecule has 2 N–H and O–H groups in total. The molecule has 0 spiro atoms. The number of benzene rings is 1. The smallest absolute Gasteiger partial charge is 0.211 e. The Bertz CT molecular complexity index is 806. The summed E-state index contributed by atoms with van der Waals surface area (Å²) in [7, 11) is -1.29. The first-order chi connectivity index (χ1) is 14.3. The van der Waals surface area contributed by atoms with Gasteiger partial charge in [-0.2, -0.15) is 0 Å². The van der Waals surface area contributed by atoms with E-state index in [4.69, 9.17) is 0 Å². The molecule has 1 aromatic rings.